The first kappa shape index (κ1) is 14.8. The van der Waals surface area contributed by atoms with Crippen molar-refractivity contribution in [1.29, 1.82) is 0 Å². The molecule has 1 N–H and O–H groups in total. The first-order valence-corrected chi connectivity index (χ1v) is 7.36. The van der Waals surface area contributed by atoms with E-state index in [1.807, 2.05) is 0 Å². The third-order valence-electron chi connectivity index (χ3n) is 4.23. The largest absolute Gasteiger partial charge is 0.316 e. The van der Waals surface area contributed by atoms with Crippen molar-refractivity contribution in [3.8, 4) is 0 Å². The number of hydrogen-bond donors (Lipinski definition) is 1. The Morgan fingerprint density at radius 1 is 1.12 bits per heavy atom. The van der Waals surface area contributed by atoms with Crippen molar-refractivity contribution >= 4 is 0 Å². The van der Waals surface area contributed by atoms with Gasteiger partial charge in [0.1, 0.15) is 0 Å². The zero-order valence-corrected chi connectivity index (χ0v) is 12.3. The normalized spacial score (nSPS) is 26.6. The molecule has 1 heteroatoms. The fourth-order valence-electron chi connectivity index (χ4n) is 2.89. The summed E-state index contributed by atoms with van der Waals surface area (Å²) >= 11 is 0. The lowest BCUT2D eigenvalue weighted by Crippen LogP contribution is -2.31. The van der Waals surface area contributed by atoms with Crippen molar-refractivity contribution < 1.29 is 0 Å². The van der Waals surface area contributed by atoms with Gasteiger partial charge < -0.3 is 5.32 Å². The lowest BCUT2D eigenvalue weighted by molar-refractivity contribution is 0.149. The quantitative estimate of drug-likeness (QED) is 0.552. The average Bonchev–Trinajstić information content (AvgIpc) is 2.28. The van der Waals surface area contributed by atoms with Crippen LogP contribution in [-0.4, -0.2) is 13.1 Å². The fourth-order valence-corrected chi connectivity index (χ4v) is 2.89. The van der Waals surface area contributed by atoms with E-state index in [4.69, 9.17) is 0 Å². The Morgan fingerprint density at radius 3 is 2.29 bits per heavy atom. The lowest BCUT2D eigenvalue weighted by atomic mass is 9.70. The monoisotopic (exact) mass is 237 g/mol. The molecule has 0 aromatic heterocycles. The summed E-state index contributed by atoms with van der Waals surface area (Å²) in [6.45, 7) is 11.7. The van der Waals surface area contributed by atoms with Crippen LogP contribution in [0.1, 0.15) is 59.8 Å². The molecule has 0 unspecified atom stereocenters. The van der Waals surface area contributed by atoms with Crippen LogP contribution in [0.4, 0.5) is 0 Å². The van der Waals surface area contributed by atoms with Crippen LogP contribution in [0.2, 0.25) is 0 Å². The molecule has 0 aliphatic heterocycles. The Bertz CT molecular complexity index is 216. The van der Waals surface area contributed by atoms with Crippen LogP contribution >= 0.6 is 0 Å². The molecular weight excluding hydrogens is 206 g/mol. The van der Waals surface area contributed by atoms with Crippen LogP contribution in [0, 0.1) is 17.3 Å². The van der Waals surface area contributed by atoms with Crippen molar-refractivity contribution in [2.75, 3.05) is 13.1 Å². The molecule has 1 aliphatic carbocycles. The van der Waals surface area contributed by atoms with E-state index in [0.717, 1.165) is 18.4 Å². The Kier molecular flexibility index (Phi) is 6.26. The van der Waals surface area contributed by atoms with E-state index in [1.54, 1.807) is 0 Å². The molecule has 0 spiro atoms. The van der Waals surface area contributed by atoms with Gasteiger partial charge in [0.2, 0.25) is 0 Å². The molecule has 1 nitrogen and oxygen atoms in total. The molecule has 0 aromatic rings. The molecule has 0 radical (unpaired) electrons. The molecular formula is C16H31N. The molecule has 17 heavy (non-hydrogen) atoms. The number of rotatable bonds is 5. The van der Waals surface area contributed by atoms with Crippen LogP contribution in [0.5, 0.6) is 0 Å². The summed E-state index contributed by atoms with van der Waals surface area (Å²) in [4.78, 5) is 0. The van der Waals surface area contributed by atoms with E-state index < -0.39 is 0 Å². The summed E-state index contributed by atoms with van der Waals surface area (Å²) in [5.74, 6) is 1.88. The van der Waals surface area contributed by atoms with Gasteiger partial charge in [-0.2, -0.15) is 0 Å². The molecule has 0 atom stereocenters. The summed E-state index contributed by atoms with van der Waals surface area (Å²) < 4.78 is 0. The Morgan fingerprint density at radius 2 is 1.76 bits per heavy atom. The smallest absolute Gasteiger partial charge is 0.00142 e. The van der Waals surface area contributed by atoms with Crippen molar-refractivity contribution in [3.63, 3.8) is 0 Å². The summed E-state index contributed by atoms with van der Waals surface area (Å²) in [7, 11) is 0. The summed E-state index contributed by atoms with van der Waals surface area (Å²) in [5, 5.41) is 3.59. The van der Waals surface area contributed by atoms with Gasteiger partial charge in [0, 0.05) is 0 Å². The van der Waals surface area contributed by atoms with E-state index in [0.29, 0.717) is 5.41 Å². The Hall–Kier alpha value is -0.300. The van der Waals surface area contributed by atoms with Crippen molar-refractivity contribution in [1.82, 2.24) is 5.32 Å². The molecule has 0 heterocycles. The van der Waals surface area contributed by atoms with Gasteiger partial charge in [0.15, 0.2) is 0 Å². The number of allylic oxidation sites excluding steroid dienone is 1. The Balaban J connectivity index is 2.11. The SMILES string of the molecule is C/C=C/CCNCC1CCC(C(C)(C)C)CC1. The van der Waals surface area contributed by atoms with Crippen LogP contribution in [0.15, 0.2) is 12.2 Å². The lowest BCUT2D eigenvalue weighted by Gasteiger charge is -2.37. The van der Waals surface area contributed by atoms with Gasteiger partial charge in [-0.05, 0) is 69.4 Å². The van der Waals surface area contributed by atoms with E-state index in [2.05, 4.69) is 45.2 Å². The van der Waals surface area contributed by atoms with E-state index >= 15 is 0 Å². The molecule has 1 fully saturated rings. The van der Waals surface area contributed by atoms with Gasteiger partial charge in [-0.3, -0.25) is 0 Å². The highest BCUT2D eigenvalue weighted by Gasteiger charge is 2.29. The second kappa shape index (κ2) is 7.20. The third kappa shape index (κ3) is 5.72. The molecule has 1 saturated carbocycles. The topological polar surface area (TPSA) is 12.0 Å². The Labute approximate surface area is 108 Å². The van der Waals surface area contributed by atoms with Gasteiger partial charge in [-0.1, -0.05) is 32.9 Å². The minimum Gasteiger partial charge on any atom is -0.316 e. The maximum atomic E-state index is 3.59. The minimum absolute atomic E-state index is 0.518. The van der Waals surface area contributed by atoms with Gasteiger partial charge in [0.25, 0.3) is 0 Å². The molecule has 1 aliphatic rings. The first-order valence-electron chi connectivity index (χ1n) is 7.36. The number of hydrogen-bond acceptors (Lipinski definition) is 1. The molecule has 0 aromatic carbocycles. The third-order valence-corrected chi connectivity index (χ3v) is 4.23. The van der Waals surface area contributed by atoms with Gasteiger partial charge >= 0.3 is 0 Å². The summed E-state index contributed by atoms with van der Waals surface area (Å²) in [6.07, 6.45) is 11.3. The van der Waals surface area contributed by atoms with Crippen LogP contribution in [0.25, 0.3) is 0 Å². The minimum atomic E-state index is 0.518. The molecule has 1 rings (SSSR count). The maximum Gasteiger partial charge on any atom is -0.00142 e. The molecule has 0 saturated heterocycles. The first-order chi connectivity index (χ1) is 8.04. The van der Waals surface area contributed by atoms with E-state index in [9.17, 15) is 0 Å². The van der Waals surface area contributed by atoms with Crippen LogP contribution in [0.3, 0.4) is 0 Å². The highest BCUT2D eigenvalue weighted by molar-refractivity contribution is 4.82. The van der Waals surface area contributed by atoms with Crippen molar-refractivity contribution in [2.45, 2.75) is 59.8 Å². The molecule has 100 valence electrons. The predicted molar refractivity (Wildman–Crippen MR) is 77.2 cm³/mol. The average molecular weight is 237 g/mol. The highest BCUT2D eigenvalue weighted by atomic mass is 14.9. The van der Waals surface area contributed by atoms with Gasteiger partial charge in [-0.15, -0.1) is 0 Å². The van der Waals surface area contributed by atoms with Crippen molar-refractivity contribution in [3.05, 3.63) is 12.2 Å². The standard InChI is InChI=1S/C16H31N/c1-5-6-7-12-17-13-14-8-10-15(11-9-14)16(2,3)4/h5-6,14-15,17H,7-13H2,1-4H3/b6-5+. The van der Waals surface area contributed by atoms with Gasteiger partial charge in [0.05, 0.1) is 0 Å². The van der Waals surface area contributed by atoms with Gasteiger partial charge in [-0.25, -0.2) is 0 Å². The second-order valence-corrected chi connectivity index (χ2v) is 6.65. The van der Waals surface area contributed by atoms with E-state index in [-0.39, 0.29) is 0 Å². The summed E-state index contributed by atoms with van der Waals surface area (Å²) in [6, 6.07) is 0. The predicted octanol–water partition coefficient (Wildman–Crippen LogP) is 4.39. The maximum absolute atomic E-state index is 3.59. The second-order valence-electron chi connectivity index (χ2n) is 6.65. The number of nitrogens with one attached hydrogen (secondary N) is 1. The zero-order chi connectivity index (χ0) is 12.7. The zero-order valence-electron chi connectivity index (χ0n) is 12.3. The highest BCUT2D eigenvalue weighted by Crippen LogP contribution is 2.39. The van der Waals surface area contributed by atoms with E-state index in [1.165, 1.54) is 38.6 Å². The fraction of sp³-hybridized carbons (Fsp3) is 0.875. The van der Waals surface area contributed by atoms with Crippen LogP contribution in [-0.2, 0) is 0 Å². The molecule has 0 amide bonds. The van der Waals surface area contributed by atoms with Crippen LogP contribution < -0.4 is 5.32 Å². The van der Waals surface area contributed by atoms with Crippen molar-refractivity contribution in [2.24, 2.45) is 17.3 Å². The summed E-state index contributed by atoms with van der Waals surface area (Å²) in [5.41, 5.74) is 0.518. The molecule has 0 bridgehead atoms.